The molecule has 0 aliphatic carbocycles. The van der Waals surface area contributed by atoms with Gasteiger partial charge in [0.15, 0.2) is 11.5 Å². The third-order valence-corrected chi connectivity index (χ3v) is 7.43. The van der Waals surface area contributed by atoms with Crippen LogP contribution in [0.4, 0.5) is 0 Å². The van der Waals surface area contributed by atoms with E-state index in [1.165, 1.54) is 25.6 Å². The molecule has 1 fully saturated rings. The van der Waals surface area contributed by atoms with Crippen LogP contribution in [0.5, 0.6) is 11.5 Å². The van der Waals surface area contributed by atoms with Crippen molar-refractivity contribution in [3.8, 4) is 11.5 Å². The fourth-order valence-corrected chi connectivity index (χ4v) is 5.62. The van der Waals surface area contributed by atoms with Crippen LogP contribution in [0.25, 0.3) is 0 Å². The van der Waals surface area contributed by atoms with Gasteiger partial charge in [-0.15, -0.1) is 11.3 Å². The first-order valence-electron chi connectivity index (χ1n) is 10.5. The van der Waals surface area contributed by atoms with Gasteiger partial charge in [0.2, 0.25) is 11.8 Å². The van der Waals surface area contributed by atoms with Gasteiger partial charge >= 0.3 is 0 Å². The molecule has 1 saturated heterocycles. The lowest BCUT2D eigenvalue weighted by molar-refractivity contribution is -0.137. The maximum absolute atomic E-state index is 13.9. The Bertz CT molecular complexity index is 1030. The van der Waals surface area contributed by atoms with Gasteiger partial charge in [0.05, 0.1) is 26.2 Å². The summed E-state index contributed by atoms with van der Waals surface area (Å²) in [6.45, 7) is 0.917. The molecule has 0 spiro atoms. The third kappa shape index (κ3) is 3.70. The van der Waals surface area contributed by atoms with Crippen LogP contribution in [0, 0.1) is 5.92 Å². The van der Waals surface area contributed by atoms with Gasteiger partial charge in [-0.05, 0) is 42.0 Å². The van der Waals surface area contributed by atoms with E-state index in [1.807, 2.05) is 17.5 Å². The second-order valence-corrected chi connectivity index (χ2v) is 9.13. The molecule has 1 aromatic carbocycles. The molecule has 3 amide bonds. The van der Waals surface area contributed by atoms with Gasteiger partial charge in [-0.2, -0.15) is 0 Å². The Hall–Kier alpha value is -3.07. The van der Waals surface area contributed by atoms with Crippen LogP contribution in [-0.4, -0.2) is 61.9 Å². The molecule has 3 heterocycles. The topological polar surface area (TPSA) is 102 Å². The van der Waals surface area contributed by atoms with E-state index in [1.54, 1.807) is 29.0 Å². The van der Waals surface area contributed by atoms with Crippen molar-refractivity contribution < 1.29 is 23.9 Å². The summed E-state index contributed by atoms with van der Waals surface area (Å²) in [6.07, 6.45) is 1.09. The number of likely N-dealkylation sites (tertiary alicyclic amines) is 1. The van der Waals surface area contributed by atoms with E-state index in [4.69, 9.17) is 15.2 Å². The van der Waals surface area contributed by atoms with Crippen molar-refractivity contribution in [3.63, 3.8) is 0 Å². The van der Waals surface area contributed by atoms with E-state index in [2.05, 4.69) is 0 Å². The van der Waals surface area contributed by atoms with Crippen molar-refractivity contribution in [2.24, 2.45) is 11.7 Å². The lowest BCUT2D eigenvalue weighted by Gasteiger charge is -2.42. The summed E-state index contributed by atoms with van der Waals surface area (Å²) in [5, 5.41) is 1.94. The number of primary amides is 1. The first-order valence-corrected chi connectivity index (χ1v) is 11.4. The van der Waals surface area contributed by atoms with Crippen molar-refractivity contribution in [3.05, 3.63) is 45.6 Å². The molecule has 9 heteroatoms. The average Bonchev–Trinajstić information content (AvgIpc) is 3.34. The normalized spacial score (nSPS) is 21.3. The fraction of sp³-hybridized carbons (Fsp3) is 0.435. The third-order valence-electron chi connectivity index (χ3n) is 6.48. The zero-order chi connectivity index (χ0) is 23.0. The molecule has 8 nitrogen and oxygen atoms in total. The fourth-order valence-electron chi connectivity index (χ4n) is 4.71. The molecule has 170 valence electrons. The van der Waals surface area contributed by atoms with Crippen molar-refractivity contribution in [2.75, 3.05) is 34.4 Å². The summed E-state index contributed by atoms with van der Waals surface area (Å²) < 4.78 is 10.9. The number of fused-ring (bicyclic) bond motifs is 1. The number of hydrogen-bond donors (Lipinski definition) is 1. The number of amides is 3. The van der Waals surface area contributed by atoms with Crippen molar-refractivity contribution in [1.29, 1.82) is 0 Å². The number of carbonyl (C=O) groups excluding carboxylic acids is 3. The highest BCUT2D eigenvalue weighted by Crippen LogP contribution is 2.47. The summed E-state index contributed by atoms with van der Waals surface area (Å²) in [7, 11) is 4.77. The Balaban J connectivity index is 1.79. The number of piperidine rings is 1. The van der Waals surface area contributed by atoms with E-state index in [0.29, 0.717) is 48.6 Å². The zero-order valence-electron chi connectivity index (χ0n) is 18.4. The summed E-state index contributed by atoms with van der Waals surface area (Å²) in [6, 6.07) is 6.83. The monoisotopic (exact) mass is 457 g/mol. The van der Waals surface area contributed by atoms with E-state index < -0.39 is 12.0 Å². The van der Waals surface area contributed by atoms with E-state index in [0.717, 1.165) is 4.88 Å². The second-order valence-electron chi connectivity index (χ2n) is 8.15. The van der Waals surface area contributed by atoms with Crippen LogP contribution >= 0.6 is 11.3 Å². The Labute approximate surface area is 190 Å². The van der Waals surface area contributed by atoms with Gasteiger partial charge in [0.25, 0.3) is 5.91 Å². The predicted molar refractivity (Wildman–Crippen MR) is 120 cm³/mol. The van der Waals surface area contributed by atoms with Gasteiger partial charge in [0.1, 0.15) is 0 Å². The number of likely N-dealkylation sites (N-methyl/N-ethyl adjacent to an activating group) is 1. The SMILES string of the molecule is COc1cc2c(cc1OC)[C@@H](C(=O)N1CCC(C(N)=O)CC1)[C@@H](c1cccs1)N(C)C2=O. The van der Waals surface area contributed by atoms with E-state index in [9.17, 15) is 14.4 Å². The van der Waals surface area contributed by atoms with Gasteiger partial charge < -0.3 is 25.0 Å². The summed E-state index contributed by atoms with van der Waals surface area (Å²) >= 11 is 1.52. The molecule has 2 aliphatic heterocycles. The molecule has 0 radical (unpaired) electrons. The van der Waals surface area contributed by atoms with Gasteiger partial charge in [-0.1, -0.05) is 6.07 Å². The Morgan fingerprint density at radius 2 is 1.78 bits per heavy atom. The Morgan fingerprint density at radius 1 is 1.12 bits per heavy atom. The Kier molecular flexibility index (Phi) is 6.10. The first kappa shape index (κ1) is 22.1. The van der Waals surface area contributed by atoms with Crippen LogP contribution in [-0.2, 0) is 9.59 Å². The highest BCUT2D eigenvalue weighted by molar-refractivity contribution is 7.10. The number of nitrogens with zero attached hydrogens (tertiary/aromatic N) is 2. The first-order chi connectivity index (χ1) is 15.4. The maximum Gasteiger partial charge on any atom is 0.254 e. The van der Waals surface area contributed by atoms with Crippen LogP contribution in [0.1, 0.15) is 45.6 Å². The highest BCUT2D eigenvalue weighted by atomic mass is 32.1. The zero-order valence-corrected chi connectivity index (χ0v) is 19.2. The van der Waals surface area contributed by atoms with E-state index >= 15 is 0 Å². The smallest absolute Gasteiger partial charge is 0.254 e. The predicted octanol–water partition coefficient (Wildman–Crippen LogP) is 2.40. The molecule has 2 N–H and O–H groups in total. The molecule has 0 saturated carbocycles. The molecule has 0 unspecified atom stereocenters. The molecule has 2 aliphatic rings. The Morgan fingerprint density at radius 3 is 2.34 bits per heavy atom. The number of nitrogens with two attached hydrogens (primary N) is 1. The molecule has 2 aromatic rings. The van der Waals surface area contributed by atoms with Gasteiger partial charge in [0, 0.05) is 36.5 Å². The van der Waals surface area contributed by atoms with Crippen molar-refractivity contribution in [2.45, 2.75) is 24.8 Å². The van der Waals surface area contributed by atoms with E-state index in [-0.39, 0.29) is 23.6 Å². The maximum atomic E-state index is 13.9. The molecular weight excluding hydrogens is 430 g/mol. The molecule has 2 atom stereocenters. The number of hydrogen-bond acceptors (Lipinski definition) is 6. The molecule has 1 aromatic heterocycles. The largest absolute Gasteiger partial charge is 0.493 e. The minimum Gasteiger partial charge on any atom is -0.493 e. The number of carbonyl (C=O) groups is 3. The lowest BCUT2D eigenvalue weighted by atomic mass is 9.80. The van der Waals surface area contributed by atoms with Crippen LogP contribution in [0.15, 0.2) is 29.6 Å². The number of methoxy groups -OCH3 is 2. The summed E-state index contributed by atoms with van der Waals surface area (Å²) in [5.41, 5.74) is 6.53. The van der Waals surface area contributed by atoms with Gasteiger partial charge in [-0.25, -0.2) is 0 Å². The lowest BCUT2D eigenvalue weighted by Crippen LogP contribution is -2.49. The minimum atomic E-state index is -0.601. The molecule has 32 heavy (non-hydrogen) atoms. The molecule has 4 rings (SSSR count). The number of ether oxygens (including phenoxy) is 2. The van der Waals surface area contributed by atoms with Crippen LogP contribution in [0.3, 0.4) is 0 Å². The summed E-state index contributed by atoms with van der Waals surface area (Å²) in [4.78, 5) is 43.1. The number of thiophene rings is 1. The second kappa shape index (κ2) is 8.82. The number of benzene rings is 1. The van der Waals surface area contributed by atoms with Crippen LogP contribution in [0.2, 0.25) is 0 Å². The van der Waals surface area contributed by atoms with Crippen LogP contribution < -0.4 is 15.2 Å². The van der Waals surface area contributed by atoms with Crippen molar-refractivity contribution in [1.82, 2.24) is 9.80 Å². The van der Waals surface area contributed by atoms with Crippen molar-refractivity contribution >= 4 is 29.1 Å². The molecular formula is C23H27N3O5S. The average molecular weight is 458 g/mol. The van der Waals surface area contributed by atoms with Gasteiger partial charge in [-0.3, -0.25) is 14.4 Å². The summed E-state index contributed by atoms with van der Waals surface area (Å²) in [5.74, 6) is -0.459. The standard InChI is InChI=1S/C23H27N3O5S/c1-25-20(18-5-4-10-32-18)19(23(29)26-8-6-13(7-9-26)21(24)27)14-11-16(30-2)17(31-3)12-15(14)22(25)28/h4-5,10-13,19-20H,6-9H2,1-3H3,(H2,24,27)/t19-,20-/m1/s1. The molecule has 0 bridgehead atoms. The minimum absolute atomic E-state index is 0.0702. The number of rotatable bonds is 5. The highest BCUT2D eigenvalue weighted by Gasteiger charge is 2.45. The quantitative estimate of drug-likeness (QED) is 0.743.